The number of carbonyl (C=O) groups is 1. The van der Waals surface area contributed by atoms with Gasteiger partial charge in [-0.25, -0.2) is 4.39 Å². The first-order valence-electron chi connectivity index (χ1n) is 13.1. The lowest BCUT2D eigenvalue weighted by atomic mass is 9.88. The summed E-state index contributed by atoms with van der Waals surface area (Å²) in [5, 5.41) is 20.8. The Bertz CT molecular complexity index is 1050. The fourth-order valence-electron chi connectivity index (χ4n) is 4.06. The first-order valence-corrected chi connectivity index (χ1v) is 13.1. The molecule has 0 heterocycles. The number of methoxy groups -OCH3 is 2. The molecule has 0 saturated heterocycles. The molecule has 0 radical (unpaired) electrons. The summed E-state index contributed by atoms with van der Waals surface area (Å²) in [6.07, 6.45) is 0.996. The summed E-state index contributed by atoms with van der Waals surface area (Å²) in [5.41, 5.74) is 3.06. The Morgan fingerprint density at radius 1 is 1.05 bits per heavy atom. The molecule has 0 bridgehead atoms. The normalized spacial score (nSPS) is 13.1. The average molecular weight is 549 g/mol. The van der Waals surface area contributed by atoms with Gasteiger partial charge in [-0.05, 0) is 47.7 Å². The third-order valence-corrected chi connectivity index (χ3v) is 5.90. The highest BCUT2D eigenvalue weighted by Crippen LogP contribution is 2.45. The lowest BCUT2D eigenvalue weighted by Crippen LogP contribution is -2.20. The first-order chi connectivity index (χ1) is 18.7. The summed E-state index contributed by atoms with van der Waals surface area (Å²) >= 11 is 0. The van der Waals surface area contributed by atoms with E-state index in [4.69, 9.17) is 23.7 Å². The molecule has 2 atom stereocenters. The Labute approximate surface area is 230 Å². The van der Waals surface area contributed by atoms with Crippen molar-refractivity contribution in [3.63, 3.8) is 0 Å². The fraction of sp³-hybridized carbons (Fsp3) is 0.500. The zero-order valence-corrected chi connectivity index (χ0v) is 23.4. The van der Waals surface area contributed by atoms with E-state index in [0.29, 0.717) is 42.4 Å². The van der Waals surface area contributed by atoms with Crippen LogP contribution in [-0.4, -0.2) is 75.6 Å². The summed E-state index contributed by atoms with van der Waals surface area (Å²) in [6, 6.07) is 7.95. The van der Waals surface area contributed by atoms with E-state index in [1.807, 2.05) is 19.9 Å². The fourth-order valence-corrected chi connectivity index (χ4v) is 4.06. The van der Waals surface area contributed by atoms with Gasteiger partial charge in [-0.2, -0.15) is 0 Å². The van der Waals surface area contributed by atoms with Crippen molar-refractivity contribution in [3.8, 4) is 22.6 Å². The molecular formula is C30H41FO8. The molecule has 0 fully saturated rings. The minimum absolute atomic E-state index is 0.0421. The number of benzene rings is 2. The van der Waals surface area contributed by atoms with Gasteiger partial charge < -0.3 is 33.9 Å². The van der Waals surface area contributed by atoms with Gasteiger partial charge in [0.05, 0.1) is 52.2 Å². The average Bonchev–Trinajstić information content (AvgIpc) is 2.89. The number of carbonyl (C=O) groups excluding carboxylic acids is 1. The number of ether oxygens (including phenoxy) is 5. The van der Waals surface area contributed by atoms with Crippen LogP contribution in [0, 0.1) is 5.82 Å². The molecule has 2 N–H and O–H groups in total. The van der Waals surface area contributed by atoms with E-state index >= 15 is 0 Å². The van der Waals surface area contributed by atoms with Gasteiger partial charge in [-0.1, -0.05) is 38.1 Å². The number of hydrogen-bond donors (Lipinski definition) is 2. The molecule has 0 saturated carbocycles. The zero-order valence-electron chi connectivity index (χ0n) is 23.4. The number of esters is 1. The van der Waals surface area contributed by atoms with Crippen molar-refractivity contribution in [2.45, 2.75) is 51.7 Å². The van der Waals surface area contributed by atoms with Gasteiger partial charge in [0.25, 0.3) is 0 Å². The first kappa shape index (κ1) is 32.2. The minimum atomic E-state index is -1.05. The van der Waals surface area contributed by atoms with Crippen molar-refractivity contribution in [2.75, 3.05) is 47.3 Å². The van der Waals surface area contributed by atoms with Crippen LogP contribution in [0.15, 0.2) is 36.4 Å². The standard InChI is InChI=1S/C30H41FO8/c1-6-38-28(34)18-24(33)17-23(32)11-12-25-26(20(2)3)19-27(39-16-15-37-14-13-35-4)30(36-5)29(25)21-7-9-22(31)10-8-21/h7-12,19-20,23-24,32-33H,6,13-18H2,1-5H3/b12-11+. The summed E-state index contributed by atoms with van der Waals surface area (Å²) in [4.78, 5) is 11.7. The summed E-state index contributed by atoms with van der Waals surface area (Å²) in [6.45, 7) is 7.56. The number of aliphatic hydroxyl groups is 2. The van der Waals surface area contributed by atoms with Gasteiger partial charge in [0, 0.05) is 19.1 Å². The van der Waals surface area contributed by atoms with Crippen LogP contribution >= 0.6 is 0 Å². The highest BCUT2D eigenvalue weighted by molar-refractivity contribution is 5.85. The lowest BCUT2D eigenvalue weighted by Gasteiger charge is -2.22. The maximum atomic E-state index is 13.8. The van der Waals surface area contributed by atoms with Gasteiger partial charge in [0.1, 0.15) is 12.4 Å². The van der Waals surface area contributed by atoms with Gasteiger partial charge in [-0.3, -0.25) is 4.79 Å². The third-order valence-electron chi connectivity index (χ3n) is 5.90. The molecule has 2 rings (SSSR count). The molecule has 39 heavy (non-hydrogen) atoms. The second-order valence-electron chi connectivity index (χ2n) is 9.23. The van der Waals surface area contributed by atoms with E-state index in [-0.39, 0.29) is 37.8 Å². The Balaban J connectivity index is 2.45. The van der Waals surface area contributed by atoms with E-state index < -0.39 is 18.2 Å². The van der Waals surface area contributed by atoms with Gasteiger partial charge in [0.2, 0.25) is 0 Å². The number of aliphatic hydroxyl groups excluding tert-OH is 2. The molecule has 9 heteroatoms. The maximum Gasteiger partial charge on any atom is 0.308 e. The van der Waals surface area contributed by atoms with Crippen LogP contribution in [0.4, 0.5) is 4.39 Å². The SMILES string of the molecule is CCOC(=O)CC(O)CC(O)/C=C/c1c(C(C)C)cc(OCCOCCOC)c(OC)c1-c1ccc(F)cc1. The van der Waals surface area contributed by atoms with Gasteiger partial charge >= 0.3 is 5.97 Å². The zero-order chi connectivity index (χ0) is 28.8. The van der Waals surface area contributed by atoms with Crippen molar-refractivity contribution >= 4 is 12.0 Å². The Morgan fingerprint density at radius 3 is 2.36 bits per heavy atom. The van der Waals surface area contributed by atoms with E-state index in [9.17, 15) is 19.4 Å². The predicted molar refractivity (Wildman–Crippen MR) is 148 cm³/mol. The maximum absolute atomic E-state index is 13.8. The van der Waals surface area contributed by atoms with E-state index in [0.717, 1.165) is 11.1 Å². The highest BCUT2D eigenvalue weighted by atomic mass is 19.1. The van der Waals surface area contributed by atoms with Crippen molar-refractivity contribution in [1.29, 1.82) is 0 Å². The Kier molecular flexibility index (Phi) is 13.9. The Morgan fingerprint density at radius 2 is 1.74 bits per heavy atom. The Hall–Kier alpha value is -2.98. The van der Waals surface area contributed by atoms with E-state index in [1.165, 1.54) is 19.2 Å². The molecule has 2 aromatic rings. The monoisotopic (exact) mass is 548 g/mol. The molecule has 216 valence electrons. The van der Waals surface area contributed by atoms with Crippen LogP contribution < -0.4 is 9.47 Å². The van der Waals surface area contributed by atoms with Crippen LogP contribution in [0.2, 0.25) is 0 Å². The largest absolute Gasteiger partial charge is 0.492 e. The van der Waals surface area contributed by atoms with Crippen LogP contribution in [0.5, 0.6) is 11.5 Å². The third kappa shape index (κ3) is 10.3. The molecule has 0 aliphatic carbocycles. The topological polar surface area (TPSA) is 104 Å². The molecule has 8 nitrogen and oxygen atoms in total. The molecule has 0 aliphatic rings. The molecular weight excluding hydrogens is 507 g/mol. The summed E-state index contributed by atoms with van der Waals surface area (Å²) < 4.78 is 41.0. The lowest BCUT2D eigenvalue weighted by molar-refractivity contribution is -0.145. The quantitative estimate of drug-likeness (QED) is 0.216. The predicted octanol–water partition coefficient (Wildman–Crippen LogP) is 4.74. The summed E-state index contributed by atoms with van der Waals surface area (Å²) in [5.74, 6) is 0.135. The van der Waals surface area contributed by atoms with Crippen LogP contribution in [0.1, 0.15) is 50.7 Å². The van der Waals surface area contributed by atoms with Crippen LogP contribution in [0.3, 0.4) is 0 Å². The molecule has 2 unspecified atom stereocenters. The van der Waals surface area contributed by atoms with Crippen LogP contribution in [0.25, 0.3) is 17.2 Å². The van der Waals surface area contributed by atoms with E-state index in [1.54, 1.807) is 38.3 Å². The molecule has 2 aromatic carbocycles. The number of hydrogen-bond acceptors (Lipinski definition) is 8. The van der Waals surface area contributed by atoms with Gasteiger partial charge in [0.15, 0.2) is 11.5 Å². The van der Waals surface area contributed by atoms with Gasteiger partial charge in [-0.15, -0.1) is 0 Å². The molecule has 0 spiro atoms. The number of halogens is 1. The summed E-state index contributed by atoms with van der Waals surface area (Å²) in [7, 11) is 3.14. The second kappa shape index (κ2) is 16.9. The second-order valence-corrected chi connectivity index (χ2v) is 9.23. The van der Waals surface area contributed by atoms with E-state index in [2.05, 4.69) is 0 Å². The minimum Gasteiger partial charge on any atom is -0.492 e. The highest BCUT2D eigenvalue weighted by Gasteiger charge is 2.22. The molecule has 0 aliphatic heterocycles. The molecule has 0 amide bonds. The number of rotatable bonds is 17. The van der Waals surface area contributed by atoms with Crippen molar-refractivity contribution in [2.24, 2.45) is 0 Å². The van der Waals surface area contributed by atoms with Crippen LogP contribution in [-0.2, 0) is 19.0 Å². The smallest absolute Gasteiger partial charge is 0.308 e. The van der Waals surface area contributed by atoms with Crippen molar-refractivity contribution in [1.82, 2.24) is 0 Å². The van der Waals surface area contributed by atoms with Crippen molar-refractivity contribution < 1.29 is 43.1 Å². The van der Waals surface area contributed by atoms with Crippen molar-refractivity contribution in [3.05, 3.63) is 53.4 Å². The molecule has 0 aromatic heterocycles.